The fourth-order valence-corrected chi connectivity index (χ4v) is 2.78. The Morgan fingerprint density at radius 1 is 1.00 bits per heavy atom. The van der Waals surface area contributed by atoms with Crippen LogP contribution in [0.15, 0.2) is 24.3 Å². The van der Waals surface area contributed by atoms with Gasteiger partial charge in [0.05, 0.1) is 6.04 Å². The Morgan fingerprint density at radius 3 is 2.17 bits per heavy atom. The van der Waals surface area contributed by atoms with Gasteiger partial charge in [-0.3, -0.25) is 0 Å². The van der Waals surface area contributed by atoms with Crippen molar-refractivity contribution in [1.82, 2.24) is 0 Å². The molecule has 1 fully saturated rings. The molecule has 0 unspecified atom stereocenters. The highest BCUT2D eigenvalue weighted by Crippen LogP contribution is 2.15. The van der Waals surface area contributed by atoms with Gasteiger partial charge in [-0.1, -0.05) is 25.0 Å². The Balaban J connectivity index is 1.81. The maximum Gasteiger partial charge on any atom is 0.101 e. The molecule has 0 aromatic heterocycles. The normalized spacial score (nSPS) is 17.4. The molecule has 0 bridgehead atoms. The van der Waals surface area contributed by atoms with E-state index in [1.54, 1.807) is 0 Å². The molecule has 2 N–H and O–H groups in total. The highest BCUT2D eigenvalue weighted by Gasteiger charge is 2.14. The van der Waals surface area contributed by atoms with Gasteiger partial charge < -0.3 is 10.2 Å². The number of benzene rings is 1. The second-order valence-electron chi connectivity index (χ2n) is 5.75. The van der Waals surface area contributed by atoms with Crippen molar-refractivity contribution >= 4 is 5.69 Å². The Morgan fingerprint density at radius 2 is 1.61 bits per heavy atom. The average Bonchev–Trinajstić information content (AvgIpc) is 2.65. The predicted octanol–water partition coefficient (Wildman–Crippen LogP) is 2.54. The van der Waals surface area contributed by atoms with Crippen molar-refractivity contribution in [2.75, 3.05) is 19.0 Å². The third kappa shape index (κ3) is 4.02. The van der Waals surface area contributed by atoms with Gasteiger partial charge in [-0.05, 0) is 37.8 Å². The van der Waals surface area contributed by atoms with E-state index in [2.05, 4.69) is 48.6 Å². The number of nitrogens with two attached hydrogens (primary N) is 1. The smallest absolute Gasteiger partial charge is 0.101 e. The van der Waals surface area contributed by atoms with Gasteiger partial charge in [0.15, 0.2) is 0 Å². The summed E-state index contributed by atoms with van der Waals surface area (Å²) in [7, 11) is 4.18. The van der Waals surface area contributed by atoms with Gasteiger partial charge in [0.2, 0.25) is 0 Å². The summed E-state index contributed by atoms with van der Waals surface area (Å²) in [6.45, 7) is 1.14. The third-order valence-corrected chi connectivity index (χ3v) is 4.04. The summed E-state index contributed by atoms with van der Waals surface area (Å²) in [5.74, 6) is 0. The zero-order valence-corrected chi connectivity index (χ0v) is 11.9. The van der Waals surface area contributed by atoms with E-state index < -0.39 is 0 Å². The van der Waals surface area contributed by atoms with Crippen molar-refractivity contribution in [2.45, 2.75) is 51.1 Å². The van der Waals surface area contributed by atoms with Crippen molar-refractivity contribution in [3.05, 3.63) is 29.8 Å². The van der Waals surface area contributed by atoms with Gasteiger partial charge in [-0.2, -0.15) is 0 Å². The first-order valence-corrected chi connectivity index (χ1v) is 7.35. The minimum atomic E-state index is 0.862. The second kappa shape index (κ2) is 6.79. The molecule has 0 heterocycles. The molecule has 1 aromatic rings. The van der Waals surface area contributed by atoms with Crippen LogP contribution in [-0.2, 0) is 6.54 Å². The molecular weight excluding hydrogens is 220 g/mol. The van der Waals surface area contributed by atoms with Crippen molar-refractivity contribution < 1.29 is 5.32 Å². The first kappa shape index (κ1) is 13.4. The molecule has 1 aromatic carbocycles. The fourth-order valence-electron chi connectivity index (χ4n) is 2.78. The molecule has 1 saturated carbocycles. The molecule has 0 atom stereocenters. The van der Waals surface area contributed by atoms with Gasteiger partial charge in [-0.25, -0.2) is 0 Å². The first-order valence-electron chi connectivity index (χ1n) is 7.35. The molecule has 0 radical (unpaired) electrons. The third-order valence-electron chi connectivity index (χ3n) is 4.04. The molecule has 0 spiro atoms. The number of hydrogen-bond acceptors (Lipinski definition) is 1. The minimum absolute atomic E-state index is 0.862. The molecule has 1 aliphatic rings. The van der Waals surface area contributed by atoms with E-state index in [0.717, 1.165) is 12.6 Å². The Kier molecular flexibility index (Phi) is 5.06. The largest absolute Gasteiger partial charge is 0.378 e. The SMILES string of the molecule is CN(C)c1ccc(C[NH2+]C2CCCCCC2)cc1. The van der Waals surface area contributed by atoms with Crippen molar-refractivity contribution in [3.63, 3.8) is 0 Å². The van der Waals surface area contributed by atoms with E-state index in [4.69, 9.17) is 0 Å². The van der Waals surface area contributed by atoms with Gasteiger partial charge in [0.1, 0.15) is 6.54 Å². The van der Waals surface area contributed by atoms with Crippen LogP contribution in [0.1, 0.15) is 44.1 Å². The quantitative estimate of drug-likeness (QED) is 0.811. The molecule has 18 heavy (non-hydrogen) atoms. The lowest BCUT2D eigenvalue weighted by Gasteiger charge is -2.14. The number of hydrogen-bond donors (Lipinski definition) is 1. The van der Waals surface area contributed by atoms with Crippen LogP contribution in [0.5, 0.6) is 0 Å². The number of nitrogens with zero attached hydrogens (tertiary/aromatic N) is 1. The summed E-state index contributed by atoms with van der Waals surface area (Å²) in [5.41, 5.74) is 2.73. The van der Waals surface area contributed by atoms with Crippen LogP contribution in [0, 0.1) is 0 Å². The summed E-state index contributed by atoms with van der Waals surface area (Å²) in [4.78, 5) is 2.15. The molecule has 0 saturated heterocycles. The summed E-state index contributed by atoms with van der Waals surface area (Å²) < 4.78 is 0. The number of quaternary nitrogens is 1. The van der Waals surface area contributed by atoms with Crippen molar-refractivity contribution in [3.8, 4) is 0 Å². The zero-order chi connectivity index (χ0) is 12.8. The summed E-state index contributed by atoms with van der Waals surface area (Å²) in [6.07, 6.45) is 8.58. The molecule has 0 aliphatic heterocycles. The van der Waals surface area contributed by atoms with E-state index in [-0.39, 0.29) is 0 Å². The predicted molar refractivity (Wildman–Crippen MR) is 77.9 cm³/mol. The maximum atomic E-state index is 2.55. The number of rotatable bonds is 4. The number of anilines is 1. The van der Waals surface area contributed by atoms with Gasteiger partial charge >= 0.3 is 0 Å². The van der Waals surface area contributed by atoms with Crippen LogP contribution in [0.25, 0.3) is 0 Å². The van der Waals surface area contributed by atoms with Crippen molar-refractivity contribution in [2.24, 2.45) is 0 Å². The molecule has 100 valence electrons. The lowest BCUT2D eigenvalue weighted by Crippen LogP contribution is -2.88. The lowest BCUT2D eigenvalue weighted by molar-refractivity contribution is -0.705. The van der Waals surface area contributed by atoms with Crippen molar-refractivity contribution in [1.29, 1.82) is 0 Å². The molecule has 2 rings (SSSR count). The Bertz CT molecular complexity index is 335. The van der Waals surface area contributed by atoms with Crippen LogP contribution >= 0.6 is 0 Å². The van der Waals surface area contributed by atoms with E-state index in [1.807, 2.05) is 0 Å². The van der Waals surface area contributed by atoms with Crippen LogP contribution in [-0.4, -0.2) is 20.1 Å². The monoisotopic (exact) mass is 247 g/mol. The Hall–Kier alpha value is -1.02. The molecule has 2 nitrogen and oxygen atoms in total. The average molecular weight is 247 g/mol. The topological polar surface area (TPSA) is 19.9 Å². The van der Waals surface area contributed by atoms with E-state index in [0.29, 0.717) is 0 Å². The molecule has 2 heteroatoms. The molecule has 1 aliphatic carbocycles. The summed E-state index contributed by atoms with van der Waals surface area (Å²) >= 11 is 0. The highest BCUT2D eigenvalue weighted by atomic mass is 15.1. The van der Waals surface area contributed by atoms with Gasteiger partial charge in [0, 0.05) is 25.3 Å². The summed E-state index contributed by atoms with van der Waals surface area (Å²) in [6, 6.07) is 9.83. The van der Waals surface area contributed by atoms with E-state index in [1.165, 1.54) is 49.8 Å². The molecular formula is C16H27N2+. The minimum Gasteiger partial charge on any atom is -0.378 e. The first-order chi connectivity index (χ1) is 8.75. The zero-order valence-electron chi connectivity index (χ0n) is 11.9. The second-order valence-corrected chi connectivity index (χ2v) is 5.75. The van der Waals surface area contributed by atoms with Crippen LogP contribution in [0.2, 0.25) is 0 Å². The molecule has 0 amide bonds. The Labute approximate surface area is 111 Å². The van der Waals surface area contributed by atoms with Crippen LogP contribution < -0.4 is 10.2 Å². The van der Waals surface area contributed by atoms with Gasteiger partial charge in [-0.15, -0.1) is 0 Å². The lowest BCUT2D eigenvalue weighted by atomic mass is 10.1. The van der Waals surface area contributed by atoms with Crippen LogP contribution in [0.4, 0.5) is 5.69 Å². The van der Waals surface area contributed by atoms with Crippen LogP contribution in [0.3, 0.4) is 0 Å². The van der Waals surface area contributed by atoms with E-state index >= 15 is 0 Å². The van der Waals surface area contributed by atoms with E-state index in [9.17, 15) is 0 Å². The van der Waals surface area contributed by atoms with Gasteiger partial charge in [0.25, 0.3) is 0 Å². The maximum absolute atomic E-state index is 2.55. The summed E-state index contributed by atoms with van der Waals surface area (Å²) in [5, 5.41) is 2.55. The standard InChI is InChI=1S/C16H26N2/c1-18(2)16-11-9-14(10-12-16)13-17-15-7-5-3-4-6-8-15/h9-12,15,17H,3-8,13H2,1-2H3/p+1. The highest BCUT2D eigenvalue weighted by molar-refractivity contribution is 5.45. The fraction of sp³-hybridized carbons (Fsp3) is 0.625.